The monoisotopic (exact) mass is 327 g/mol. The summed E-state index contributed by atoms with van der Waals surface area (Å²) in [5.74, 6) is 0.975. The van der Waals surface area contributed by atoms with E-state index in [1.807, 2.05) is 6.07 Å². The third kappa shape index (κ3) is 4.48. The highest BCUT2D eigenvalue weighted by Crippen LogP contribution is 2.31. The summed E-state index contributed by atoms with van der Waals surface area (Å²) in [5, 5.41) is 3.44. The van der Waals surface area contributed by atoms with E-state index in [1.165, 1.54) is 5.56 Å². The second-order valence-corrected chi connectivity index (χ2v) is 6.05. The van der Waals surface area contributed by atoms with Crippen LogP contribution in [0.4, 0.5) is 0 Å². The number of nitrogens with one attached hydrogen (secondary N) is 1. The molecule has 0 radical (unpaired) electrons. The van der Waals surface area contributed by atoms with Gasteiger partial charge in [-0.1, -0.05) is 26.0 Å². The van der Waals surface area contributed by atoms with Crippen molar-refractivity contribution in [3.05, 3.63) is 28.2 Å². The van der Waals surface area contributed by atoms with E-state index < -0.39 is 0 Å². The van der Waals surface area contributed by atoms with Crippen molar-refractivity contribution >= 4 is 15.9 Å². The number of ether oxygens (including phenoxy) is 2. The molecule has 2 rings (SSSR count). The van der Waals surface area contributed by atoms with Gasteiger partial charge in [0.15, 0.2) is 0 Å². The van der Waals surface area contributed by atoms with Crippen LogP contribution in [0, 0.1) is 0 Å². The first-order valence-electron chi connectivity index (χ1n) is 6.92. The molecule has 1 aromatic carbocycles. The van der Waals surface area contributed by atoms with Crippen LogP contribution in [0.15, 0.2) is 22.7 Å². The Labute approximate surface area is 123 Å². The van der Waals surface area contributed by atoms with E-state index in [9.17, 15) is 0 Å². The van der Waals surface area contributed by atoms with E-state index >= 15 is 0 Å². The van der Waals surface area contributed by atoms with Gasteiger partial charge in [-0.05, 0) is 22.0 Å². The van der Waals surface area contributed by atoms with Gasteiger partial charge in [-0.25, -0.2) is 0 Å². The zero-order valence-electron chi connectivity index (χ0n) is 11.6. The van der Waals surface area contributed by atoms with Crippen LogP contribution >= 0.6 is 15.9 Å². The molecular weight excluding hydrogens is 306 g/mol. The van der Waals surface area contributed by atoms with Crippen molar-refractivity contribution in [2.45, 2.75) is 45.4 Å². The van der Waals surface area contributed by atoms with Gasteiger partial charge in [0.05, 0.1) is 17.7 Å². The normalized spacial score (nSPS) is 16.8. The van der Waals surface area contributed by atoms with Crippen molar-refractivity contribution in [2.75, 3.05) is 13.2 Å². The lowest BCUT2D eigenvalue weighted by Crippen LogP contribution is -2.27. The molecule has 3 nitrogen and oxygen atoms in total. The summed E-state index contributed by atoms with van der Waals surface area (Å²) in [6.45, 7) is 6.73. The standard InChI is InChI=1S/C15H22BrNO2/c1-11(2)17-10-12-4-3-5-14(16)15(12)19-13-6-8-18-9-7-13/h3-5,11,13,17H,6-10H2,1-2H3. The smallest absolute Gasteiger partial charge is 0.138 e. The second-order valence-electron chi connectivity index (χ2n) is 5.19. The number of hydrogen-bond donors (Lipinski definition) is 1. The third-order valence-corrected chi connectivity index (χ3v) is 3.83. The fourth-order valence-electron chi connectivity index (χ4n) is 2.10. The lowest BCUT2D eigenvalue weighted by atomic mass is 10.1. The average molecular weight is 328 g/mol. The molecule has 1 aliphatic rings. The summed E-state index contributed by atoms with van der Waals surface area (Å²) < 4.78 is 12.6. The van der Waals surface area contributed by atoms with Crippen molar-refractivity contribution in [2.24, 2.45) is 0 Å². The minimum atomic E-state index is 0.269. The van der Waals surface area contributed by atoms with E-state index in [2.05, 4.69) is 47.2 Å². The fourth-order valence-corrected chi connectivity index (χ4v) is 2.60. The molecule has 0 saturated carbocycles. The maximum absolute atomic E-state index is 6.18. The molecule has 0 aliphatic carbocycles. The molecule has 0 spiro atoms. The van der Waals surface area contributed by atoms with Gasteiger partial charge in [-0.15, -0.1) is 0 Å². The first-order chi connectivity index (χ1) is 9.16. The van der Waals surface area contributed by atoms with Gasteiger partial charge < -0.3 is 14.8 Å². The summed E-state index contributed by atoms with van der Waals surface area (Å²) >= 11 is 3.60. The Morgan fingerprint density at radius 3 is 2.79 bits per heavy atom. The van der Waals surface area contributed by atoms with E-state index in [0.717, 1.165) is 42.8 Å². The quantitative estimate of drug-likeness (QED) is 0.897. The Balaban J connectivity index is 2.07. The van der Waals surface area contributed by atoms with Crippen molar-refractivity contribution in [3.8, 4) is 5.75 Å². The number of halogens is 1. The first kappa shape index (κ1) is 14.8. The number of para-hydroxylation sites is 1. The second kappa shape index (κ2) is 7.27. The zero-order chi connectivity index (χ0) is 13.7. The van der Waals surface area contributed by atoms with Crippen molar-refractivity contribution in [3.63, 3.8) is 0 Å². The van der Waals surface area contributed by atoms with Gasteiger partial charge >= 0.3 is 0 Å². The lowest BCUT2D eigenvalue weighted by molar-refractivity contribution is 0.0248. The number of rotatable bonds is 5. The largest absolute Gasteiger partial charge is 0.489 e. The average Bonchev–Trinajstić information content (AvgIpc) is 2.40. The summed E-state index contributed by atoms with van der Waals surface area (Å²) in [6, 6.07) is 6.68. The Kier molecular flexibility index (Phi) is 5.67. The predicted octanol–water partition coefficient (Wildman–Crippen LogP) is 3.50. The van der Waals surface area contributed by atoms with Crippen LogP contribution < -0.4 is 10.1 Å². The van der Waals surface area contributed by atoms with E-state index in [0.29, 0.717) is 6.04 Å². The molecule has 0 atom stereocenters. The van der Waals surface area contributed by atoms with Crippen molar-refractivity contribution in [1.82, 2.24) is 5.32 Å². The molecule has 0 aromatic heterocycles. The van der Waals surface area contributed by atoms with Crippen LogP contribution in [0.25, 0.3) is 0 Å². The predicted molar refractivity (Wildman–Crippen MR) is 80.6 cm³/mol. The molecule has 4 heteroatoms. The van der Waals surface area contributed by atoms with E-state index in [4.69, 9.17) is 9.47 Å². The van der Waals surface area contributed by atoms with Crippen LogP contribution in [-0.4, -0.2) is 25.4 Å². The molecule has 19 heavy (non-hydrogen) atoms. The van der Waals surface area contributed by atoms with Crippen LogP contribution in [0.2, 0.25) is 0 Å². The molecular formula is C15H22BrNO2. The van der Waals surface area contributed by atoms with Gasteiger partial charge in [0, 0.05) is 31.0 Å². The van der Waals surface area contributed by atoms with E-state index in [-0.39, 0.29) is 6.10 Å². The Morgan fingerprint density at radius 1 is 1.37 bits per heavy atom. The van der Waals surface area contributed by atoms with Crippen molar-refractivity contribution < 1.29 is 9.47 Å². The van der Waals surface area contributed by atoms with Crippen LogP contribution in [0.3, 0.4) is 0 Å². The summed E-state index contributed by atoms with van der Waals surface area (Å²) in [6.07, 6.45) is 2.21. The Bertz CT molecular complexity index is 403. The Morgan fingerprint density at radius 2 is 2.11 bits per heavy atom. The molecule has 106 valence electrons. The van der Waals surface area contributed by atoms with Gasteiger partial charge in [0.2, 0.25) is 0 Å². The van der Waals surface area contributed by atoms with Gasteiger partial charge in [0.25, 0.3) is 0 Å². The van der Waals surface area contributed by atoms with E-state index in [1.54, 1.807) is 0 Å². The lowest BCUT2D eigenvalue weighted by Gasteiger charge is -2.25. The summed E-state index contributed by atoms with van der Waals surface area (Å²) in [7, 11) is 0. The maximum Gasteiger partial charge on any atom is 0.138 e. The van der Waals surface area contributed by atoms with Crippen LogP contribution in [-0.2, 0) is 11.3 Å². The molecule has 1 fully saturated rings. The molecule has 0 bridgehead atoms. The molecule has 0 amide bonds. The SMILES string of the molecule is CC(C)NCc1cccc(Br)c1OC1CCOCC1. The summed E-state index contributed by atoms with van der Waals surface area (Å²) in [5.41, 5.74) is 1.20. The van der Waals surface area contributed by atoms with Gasteiger partial charge in [0.1, 0.15) is 11.9 Å². The zero-order valence-corrected chi connectivity index (χ0v) is 13.2. The minimum absolute atomic E-state index is 0.269. The number of hydrogen-bond acceptors (Lipinski definition) is 3. The molecule has 1 aromatic rings. The first-order valence-corrected chi connectivity index (χ1v) is 7.71. The summed E-state index contributed by atoms with van der Waals surface area (Å²) in [4.78, 5) is 0. The molecule has 1 N–H and O–H groups in total. The highest BCUT2D eigenvalue weighted by Gasteiger charge is 2.18. The number of benzene rings is 1. The molecule has 1 heterocycles. The van der Waals surface area contributed by atoms with Crippen LogP contribution in [0.1, 0.15) is 32.3 Å². The third-order valence-electron chi connectivity index (χ3n) is 3.20. The van der Waals surface area contributed by atoms with Gasteiger partial charge in [-0.3, -0.25) is 0 Å². The minimum Gasteiger partial charge on any atom is -0.489 e. The molecule has 1 saturated heterocycles. The highest BCUT2D eigenvalue weighted by molar-refractivity contribution is 9.10. The Hall–Kier alpha value is -0.580. The fraction of sp³-hybridized carbons (Fsp3) is 0.600. The topological polar surface area (TPSA) is 30.5 Å². The highest BCUT2D eigenvalue weighted by atomic mass is 79.9. The van der Waals surface area contributed by atoms with Crippen LogP contribution in [0.5, 0.6) is 5.75 Å². The maximum atomic E-state index is 6.18. The van der Waals surface area contributed by atoms with Crippen molar-refractivity contribution in [1.29, 1.82) is 0 Å². The molecule has 0 unspecified atom stereocenters. The molecule has 1 aliphatic heterocycles. The van der Waals surface area contributed by atoms with Gasteiger partial charge in [-0.2, -0.15) is 0 Å².